The van der Waals surface area contributed by atoms with Crippen LogP contribution in [0.5, 0.6) is 0 Å². The fourth-order valence-corrected chi connectivity index (χ4v) is 2.77. The van der Waals surface area contributed by atoms with E-state index in [0.717, 1.165) is 18.8 Å². The van der Waals surface area contributed by atoms with Gasteiger partial charge in [-0.1, -0.05) is 24.6 Å². The predicted molar refractivity (Wildman–Crippen MR) is 85.7 cm³/mol. The molecular weight excluding hydrogens is 254 g/mol. The highest BCUT2D eigenvalue weighted by Crippen LogP contribution is 2.15. The van der Waals surface area contributed by atoms with Gasteiger partial charge in [0, 0.05) is 18.3 Å². The normalized spacial score (nSPS) is 19.4. The quantitative estimate of drug-likeness (QED) is 0.828. The predicted octanol–water partition coefficient (Wildman–Crippen LogP) is 2.77. The lowest BCUT2D eigenvalue weighted by Crippen LogP contribution is -2.41. The summed E-state index contributed by atoms with van der Waals surface area (Å²) < 4.78 is 0. The van der Waals surface area contributed by atoms with Crippen molar-refractivity contribution in [3.05, 3.63) is 29.8 Å². The Labute approximate surface area is 121 Å². The van der Waals surface area contributed by atoms with Crippen LogP contribution in [0.1, 0.15) is 25.3 Å². The molecular formula is C15H23N3S. The molecule has 104 valence electrons. The molecule has 2 N–H and O–H groups in total. The van der Waals surface area contributed by atoms with E-state index in [-0.39, 0.29) is 0 Å². The number of thiocarbonyl (C=S) groups is 1. The third-order valence-electron chi connectivity index (χ3n) is 3.71. The summed E-state index contributed by atoms with van der Waals surface area (Å²) in [6, 6.07) is 8.90. The minimum absolute atomic E-state index is 0.628. The second-order valence-electron chi connectivity index (χ2n) is 5.13. The number of hydrogen-bond acceptors (Lipinski definition) is 2. The van der Waals surface area contributed by atoms with Crippen molar-refractivity contribution in [3.63, 3.8) is 0 Å². The first kappa shape index (κ1) is 14.3. The Morgan fingerprint density at radius 1 is 1.37 bits per heavy atom. The highest BCUT2D eigenvalue weighted by atomic mass is 32.1. The maximum Gasteiger partial charge on any atom is 0.170 e. The van der Waals surface area contributed by atoms with E-state index in [1.807, 2.05) is 0 Å². The maximum atomic E-state index is 5.34. The fraction of sp³-hybridized carbons (Fsp3) is 0.533. The Bertz CT molecular complexity index is 416. The van der Waals surface area contributed by atoms with Gasteiger partial charge >= 0.3 is 0 Å². The molecule has 1 aromatic carbocycles. The zero-order valence-corrected chi connectivity index (χ0v) is 12.6. The van der Waals surface area contributed by atoms with Crippen molar-refractivity contribution in [2.75, 3.05) is 25.0 Å². The lowest BCUT2D eigenvalue weighted by atomic mass is 10.2. The third-order valence-corrected chi connectivity index (χ3v) is 3.96. The number of anilines is 1. The van der Waals surface area contributed by atoms with Gasteiger partial charge in [0.25, 0.3) is 0 Å². The van der Waals surface area contributed by atoms with Gasteiger partial charge in [0.1, 0.15) is 0 Å². The Kier molecular flexibility index (Phi) is 5.16. The first-order chi connectivity index (χ1) is 9.19. The monoisotopic (exact) mass is 277 g/mol. The van der Waals surface area contributed by atoms with Gasteiger partial charge in [0.05, 0.1) is 0 Å². The number of hydrogen-bond donors (Lipinski definition) is 2. The number of aryl methyl sites for hydroxylation is 1. The third kappa shape index (κ3) is 4.18. The van der Waals surface area contributed by atoms with E-state index >= 15 is 0 Å². The highest BCUT2D eigenvalue weighted by Gasteiger charge is 2.22. The van der Waals surface area contributed by atoms with Crippen molar-refractivity contribution in [3.8, 4) is 0 Å². The van der Waals surface area contributed by atoms with Gasteiger partial charge in [0.15, 0.2) is 5.11 Å². The van der Waals surface area contributed by atoms with Crippen molar-refractivity contribution in [2.45, 2.75) is 32.7 Å². The van der Waals surface area contributed by atoms with Gasteiger partial charge < -0.3 is 10.6 Å². The molecule has 0 aromatic heterocycles. The molecule has 0 aliphatic carbocycles. The Morgan fingerprint density at radius 2 is 2.11 bits per heavy atom. The molecule has 1 atom stereocenters. The molecule has 0 amide bonds. The summed E-state index contributed by atoms with van der Waals surface area (Å²) in [5, 5.41) is 7.27. The molecule has 0 radical (unpaired) electrons. The number of likely N-dealkylation sites (N-methyl/N-ethyl adjacent to an activating group) is 1. The molecule has 1 aliphatic heterocycles. The molecule has 0 unspecified atom stereocenters. The molecule has 1 fully saturated rings. The smallest absolute Gasteiger partial charge is 0.170 e. The summed E-state index contributed by atoms with van der Waals surface area (Å²) in [6.45, 7) is 7.60. The molecule has 0 bridgehead atoms. The van der Waals surface area contributed by atoms with Gasteiger partial charge in [-0.05, 0) is 57.2 Å². The van der Waals surface area contributed by atoms with E-state index < -0.39 is 0 Å². The van der Waals surface area contributed by atoms with Crippen LogP contribution in [0.2, 0.25) is 0 Å². The standard InChI is InChI=1S/C15H23N3S/c1-3-18-10-4-5-14(18)11-16-15(19)17-13-8-6-12(2)7-9-13/h6-9,14H,3-5,10-11H2,1-2H3,(H2,16,17,19)/t14-/m1/s1. The molecule has 19 heavy (non-hydrogen) atoms. The summed E-state index contributed by atoms with van der Waals surface area (Å²) >= 11 is 5.34. The molecule has 4 heteroatoms. The van der Waals surface area contributed by atoms with E-state index in [1.54, 1.807) is 0 Å². The summed E-state index contributed by atoms with van der Waals surface area (Å²) in [7, 11) is 0. The number of nitrogens with zero attached hydrogens (tertiary/aromatic N) is 1. The molecule has 1 heterocycles. The van der Waals surface area contributed by atoms with Crippen LogP contribution in [-0.2, 0) is 0 Å². The lowest BCUT2D eigenvalue weighted by Gasteiger charge is -2.23. The number of benzene rings is 1. The van der Waals surface area contributed by atoms with Gasteiger partial charge in [-0.3, -0.25) is 4.90 Å². The Balaban J connectivity index is 1.77. The van der Waals surface area contributed by atoms with Crippen molar-refractivity contribution < 1.29 is 0 Å². The van der Waals surface area contributed by atoms with E-state index in [0.29, 0.717) is 11.2 Å². The van der Waals surface area contributed by atoms with Crippen LogP contribution in [0, 0.1) is 6.92 Å². The number of nitrogens with one attached hydrogen (secondary N) is 2. The molecule has 0 spiro atoms. The molecule has 0 saturated carbocycles. The van der Waals surface area contributed by atoms with Crippen LogP contribution in [0.25, 0.3) is 0 Å². The minimum Gasteiger partial charge on any atom is -0.361 e. The second kappa shape index (κ2) is 6.87. The van der Waals surface area contributed by atoms with E-state index in [1.165, 1.54) is 24.9 Å². The Hall–Kier alpha value is -1.13. The molecule has 1 aromatic rings. The fourth-order valence-electron chi connectivity index (χ4n) is 2.57. The lowest BCUT2D eigenvalue weighted by molar-refractivity contribution is 0.267. The average Bonchev–Trinajstić information content (AvgIpc) is 2.86. The van der Waals surface area contributed by atoms with Gasteiger partial charge in [-0.2, -0.15) is 0 Å². The number of rotatable bonds is 4. The van der Waals surface area contributed by atoms with Crippen molar-refractivity contribution in [1.82, 2.24) is 10.2 Å². The molecule has 1 aliphatic rings. The summed E-state index contributed by atoms with van der Waals surface area (Å²) in [4.78, 5) is 2.52. The summed E-state index contributed by atoms with van der Waals surface area (Å²) in [5.41, 5.74) is 2.30. The van der Waals surface area contributed by atoms with Crippen LogP contribution in [0.4, 0.5) is 5.69 Å². The first-order valence-electron chi connectivity index (χ1n) is 7.04. The van der Waals surface area contributed by atoms with Gasteiger partial charge in [-0.15, -0.1) is 0 Å². The Morgan fingerprint density at radius 3 is 2.79 bits per heavy atom. The van der Waals surface area contributed by atoms with Crippen molar-refractivity contribution in [1.29, 1.82) is 0 Å². The van der Waals surface area contributed by atoms with E-state index in [4.69, 9.17) is 12.2 Å². The highest BCUT2D eigenvalue weighted by molar-refractivity contribution is 7.80. The number of likely N-dealkylation sites (tertiary alicyclic amines) is 1. The molecule has 3 nitrogen and oxygen atoms in total. The van der Waals surface area contributed by atoms with Crippen molar-refractivity contribution >= 4 is 23.0 Å². The van der Waals surface area contributed by atoms with Crippen LogP contribution < -0.4 is 10.6 Å². The van der Waals surface area contributed by atoms with Gasteiger partial charge in [-0.25, -0.2) is 0 Å². The largest absolute Gasteiger partial charge is 0.361 e. The van der Waals surface area contributed by atoms with Crippen LogP contribution in [-0.4, -0.2) is 35.7 Å². The van der Waals surface area contributed by atoms with Gasteiger partial charge in [0.2, 0.25) is 0 Å². The van der Waals surface area contributed by atoms with Crippen LogP contribution >= 0.6 is 12.2 Å². The summed E-state index contributed by atoms with van der Waals surface area (Å²) in [6.07, 6.45) is 2.58. The summed E-state index contributed by atoms with van der Waals surface area (Å²) in [5.74, 6) is 0. The first-order valence-corrected chi connectivity index (χ1v) is 7.45. The maximum absolute atomic E-state index is 5.34. The molecule has 2 rings (SSSR count). The SMILES string of the molecule is CCN1CCC[C@@H]1CNC(=S)Nc1ccc(C)cc1. The van der Waals surface area contributed by atoms with E-state index in [9.17, 15) is 0 Å². The molecule has 1 saturated heterocycles. The topological polar surface area (TPSA) is 27.3 Å². The zero-order chi connectivity index (χ0) is 13.7. The minimum atomic E-state index is 0.628. The average molecular weight is 277 g/mol. The van der Waals surface area contributed by atoms with Crippen LogP contribution in [0.3, 0.4) is 0 Å². The van der Waals surface area contributed by atoms with E-state index in [2.05, 4.69) is 53.6 Å². The van der Waals surface area contributed by atoms with Crippen LogP contribution in [0.15, 0.2) is 24.3 Å². The zero-order valence-electron chi connectivity index (χ0n) is 11.8. The van der Waals surface area contributed by atoms with Crippen molar-refractivity contribution in [2.24, 2.45) is 0 Å². The second-order valence-corrected chi connectivity index (χ2v) is 5.53.